The molecule has 0 aliphatic carbocycles. The Morgan fingerprint density at radius 2 is 1.62 bits per heavy atom. The van der Waals surface area contributed by atoms with Crippen LogP contribution in [0.1, 0.15) is 27.6 Å². The van der Waals surface area contributed by atoms with Crippen LogP contribution >= 0.6 is 0 Å². The average Bonchev–Trinajstić information content (AvgIpc) is 2.47. The third-order valence-corrected chi connectivity index (χ3v) is 5.37. The first-order chi connectivity index (χ1) is 9.99. The van der Waals surface area contributed by atoms with Crippen molar-refractivity contribution in [3.63, 3.8) is 0 Å². The summed E-state index contributed by atoms with van der Waals surface area (Å²) >= 11 is 0. The lowest BCUT2D eigenvalue weighted by Gasteiger charge is -2.15. The van der Waals surface area contributed by atoms with E-state index in [0.29, 0.717) is 24.3 Å². The summed E-state index contributed by atoms with van der Waals surface area (Å²) in [7, 11) is -0.924. The average molecular weight is 306 g/mol. The quantitative estimate of drug-likeness (QED) is 0.441. The number of benzene rings is 1. The number of esters is 2. The lowest BCUT2D eigenvalue weighted by molar-refractivity contribution is 0.0502. The third-order valence-electron chi connectivity index (χ3n) is 3.20. The van der Waals surface area contributed by atoms with Gasteiger partial charge in [-0.1, -0.05) is 19.2 Å². The van der Waals surface area contributed by atoms with Crippen LogP contribution in [0.2, 0.25) is 18.6 Å². The molecule has 4 nitrogen and oxygen atoms in total. The maximum Gasteiger partial charge on any atom is 0.338 e. The smallest absolute Gasteiger partial charge is 0.338 e. The molecule has 1 unspecified atom stereocenters. The van der Waals surface area contributed by atoms with Crippen molar-refractivity contribution in [1.82, 2.24) is 0 Å². The normalized spacial score (nSPS) is 11.8. The van der Waals surface area contributed by atoms with E-state index >= 15 is 0 Å². The summed E-state index contributed by atoms with van der Waals surface area (Å²) in [6, 6.07) is 6.28. The van der Waals surface area contributed by atoms with Gasteiger partial charge in [0.2, 0.25) is 0 Å². The molecule has 0 saturated heterocycles. The van der Waals surface area contributed by atoms with E-state index in [0.717, 1.165) is 0 Å². The predicted molar refractivity (Wildman–Crippen MR) is 85.5 cm³/mol. The molecule has 0 heterocycles. The maximum absolute atomic E-state index is 11.9. The van der Waals surface area contributed by atoms with Crippen LogP contribution < -0.4 is 0 Å². The summed E-state index contributed by atoms with van der Waals surface area (Å²) in [5.74, 6) is -0.776. The largest absolute Gasteiger partial charge is 0.462 e. The standard InChI is InChI=1S/C16H22O4Si/c1-5-14(21(3)4)11-20-16(18)13-9-7-12(8-10-13)15(17)19-6-2/h5,7-10,14,21H,1,6,11H2,2-4H3. The van der Waals surface area contributed by atoms with Gasteiger partial charge < -0.3 is 9.47 Å². The SMILES string of the molecule is C=CC(COC(=O)c1ccc(C(=O)OCC)cc1)[SiH](C)C. The first-order valence-electron chi connectivity index (χ1n) is 7.06. The molecular formula is C16H22O4Si. The number of hydrogen-bond donors (Lipinski definition) is 0. The van der Waals surface area contributed by atoms with Crippen molar-refractivity contribution in [2.45, 2.75) is 25.6 Å². The van der Waals surface area contributed by atoms with Crippen LogP contribution in [0.4, 0.5) is 0 Å². The minimum absolute atomic E-state index is 0.271. The van der Waals surface area contributed by atoms with Crippen LogP contribution in [0, 0.1) is 0 Å². The zero-order valence-corrected chi connectivity index (χ0v) is 14.0. The van der Waals surface area contributed by atoms with E-state index in [9.17, 15) is 9.59 Å². The first kappa shape index (κ1) is 17.2. The first-order valence-corrected chi connectivity index (χ1v) is 10.0. The summed E-state index contributed by atoms with van der Waals surface area (Å²) in [5.41, 5.74) is 1.12. The van der Waals surface area contributed by atoms with Crippen molar-refractivity contribution < 1.29 is 19.1 Å². The van der Waals surface area contributed by atoms with Gasteiger partial charge in [0.25, 0.3) is 0 Å². The van der Waals surface area contributed by atoms with Gasteiger partial charge in [0.15, 0.2) is 0 Å². The van der Waals surface area contributed by atoms with E-state index < -0.39 is 14.8 Å². The second-order valence-electron chi connectivity index (χ2n) is 5.04. The fourth-order valence-electron chi connectivity index (χ4n) is 1.74. The molecular weight excluding hydrogens is 284 g/mol. The van der Waals surface area contributed by atoms with Crippen molar-refractivity contribution >= 4 is 20.7 Å². The molecule has 0 N–H and O–H groups in total. The van der Waals surface area contributed by atoms with Gasteiger partial charge in [0.1, 0.15) is 0 Å². The molecule has 0 aliphatic rings. The predicted octanol–water partition coefficient (Wildman–Crippen LogP) is 3.06. The van der Waals surface area contributed by atoms with E-state index in [1.165, 1.54) is 0 Å². The molecule has 0 aliphatic heterocycles. The van der Waals surface area contributed by atoms with E-state index in [4.69, 9.17) is 9.47 Å². The lowest BCUT2D eigenvalue weighted by Crippen LogP contribution is -2.18. The van der Waals surface area contributed by atoms with Crippen LogP contribution in [0.25, 0.3) is 0 Å². The monoisotopic (exact) mass is 306 g/mol. The van der Waals surface area contributed by atoms with Gasteiger partial charge in [-0.05, 0) is 31.2 Å². The van der Waals surface area contributed by atoms with Gasteiger partial charge in [0, 0.05) is 14.3 Å². The Kier molecular flexibility index (Phi) is 6.88. The van der Waals surface area contributed by atoms with Crippen molar-refractivity contribution in [1.29, 1.82) is 0 Å². The third kappa shape index (κ3) is 5.19. The van der Waals surface area contributed by atoms with Gasteiger partial charge in [-0.15, -0.1) is 6.58 Å². The molecule has 1 atom stereocenters. The van der Waals surface area contributed by atoms with Gasteiger partial charge in [0.05, 0.1) is 24.3 Å². The van der Waals surface area contributed by atoms with Gasteiger partial charge >= 0.3 is 11.9 Å². The molecule has 0 amide bonds. The van der Waals surface area contributed by atoms with Gasteiger partial charge in [-0.2, -0.15) is 0 Å². The van der Waals surface area contributed by atoms with Crippen molar-refractivity contribution in [3.05, 3.63) is 48.0 Å². The molecule has 1 aromatic carbocycles. The highest BCUT2D eigenvalue weighted by molar-refractivity contribution is 6.58. The van der Waals surface area contributed by atoms with E-state index in [2.05, 4.69) is 19.7 Å². The number of hydrogen-bond acceptors (Lipinski definition) is 4. The highest BCUT2D eigenvalue weighted by Gasteiger charge is 2.15. The number of carbonyl (C=O) groups excluding carboxylic acids is 2. The summed E-state index contributed by atoms with van der Waals surface area (Å²) in [5, 5.41) is 0. The molecule has 0 saturated carbocycles. The molecule has 5 heteroatoms. The Labute approximate surface area is 127 Å². The minimum Gasteiger partial charge on any atom is -0.462 e. The lowest BCUT2D eigenvalue weighted by atomic mass is 10.1. The van der Waals surface area contributed by atoms with Gasteiger partial charge in [-0.3, -0.25) is 0 Å². The van der Waals surface area contributed by atoms with E-state index in [-0.39, 0.29) is 11.5 Å². The van der Waals surface area contributed by atoms with Crippen molar-refractivity contribution in [2.24, 2.45) is 0 Å². The fraction of sp³-hybridized carbons (Fsp3) is 0.375. The van der Waals surface area contributed by atoms with Crippen molar-refractivity contribution in [3.8, 4) is 0 Å². The summed E-state index contributed by atoms with van der Waals surface area (Å²) in [6.45, 7) is 10.6. The Bertz CT molecular complexity index is 494. The summed E-state index contributed by atoms with van der Waals surface area (Å²) in [4.78, 5) is 23.4. The zero-order chi connectivity index (χ0) is 15.8. The zero-order valence-electron chi connectivity index (χ0n) is 12.8. The Hall–Kier alpha value is -1.88. The molecule has 1 aromatic rings. The second kappa shape index (κ2) is 8.41. The molecule has 0 fully saturated rings. The van der Waals surface area contributed by atoms with Crippen LogP contribution in [-0.2, 0) is 9.47 Å². The highest BCUT2D eigenvalue weighted by atomic mass is 28.3. The molecule has 0 radical (unpaired) electrons. The molecule has 0 bridgehead atoms. The Morgan fingerprint density at radius 1 is 1.14 bits per heavy atom. The molecule has 0 spiro atoms. The number of rotatable bonds is 7. The molecule has 114 valence electrons. The Morgan fingerprint density at radius 3 is 2.00 bits per heavy atom. The van der Waals surface area contributed by atoms with Crippen molar-refractivity contribution in [2.75, 3.05) is 13.2 Å². The summed E-state index contributed by atoms with van der Waals surface area (Å²) in [6.07, 6.45) is 1.86. The highest BCUT2D eigenvalue weighted by Crippen LogP contribution is 2.14. The van der Waals surface area contributed by atoms with Crippen LogP contribution in [0.5, 0.6) is 0 Å². The van der Waals surface area contributed by atoms with E-state index in [1.54, 1.807) is 31.2 Å². The topological polar surface area (TPSA) is 52.6 Å². The molecule has 21 heavy (non-hydrogen) atoms. The number of carbonyl (C=O) groups is 2. The van der Waals surface area contributed by atoms with Crippen LogP contribution in [0.15, 0.2) is 36.9 Å². The molecule has 1 rings (SSSR count). The fourth-order valence-corrected chi connectivity index (χ4v) is 2.77. The second-order valence-corrected chi connectivity index (χ2v) is 8.38. The van der Waals surface area contributed by atoms with Crippen LogP contribution in [-0.4, -0.2) is 33.9 Å². The van der Waals surface area contributed by atoms with E-state index in [1.807, 2.05) is 6.08 Å². The summed E-state index contributed by atoms with van der Waals surface area (Å²) < 4.78 is 10.2. The number of ether oxygens (including phenoxy) is 2. The maximum atomic E-state index is 11.9. The Balaban J connectivity index is 2.63. The minimum atomic E-state index is -0.924. The van der Waals surface area contributed by atoms with Crippen LogP contribution in [0.3, 0.4) is 0 Å². The van der Waals surface area contributed by atoms with Gasteiger partial charge in [-0.25, -0.2) is 9.59 Å². The molecule has 0 aromatic heterocycles.